The molecule has 0 amide bonds. The molecule has 0 aliphatic carbocycles. The molecule has 0 aromatic carbocycles. The molecule has 6 heteroatoms. The van der Waals surface area contributed by atoms with Crippen molar-refractivity contribution in [2.75, 3.05) is 13.4 Å². The van der Waals surface area contributed by atoms with Crippen molar-refractivity contribution in [1.82, 2.24) is 4.98 Å². The van der Waals surface area contributed by atoms with Crippen LogP contribution in [-0.4, -0.2) is 31.6 Å². The van der Waals surface area contributed by atoms with Crippen LogP contribution in [0.1, 0.15) is 5.69 Å². The SMILES string of the molecule is C[Si](C)(C)CCOCOc1ccc(I)nc1CO. The highest BCUT2D eigenvalue weighted by atomic mass is 127. The van der Waals surface area contributed by atoms with Gasteiger partial charge in [0.25, 0.3) is 0 Å². The zero-order chi connectivity index (χ0) is 13.6. The maximum atomic E-state index is 9.17. The highest BCUT2D eigenvalue weighted by Crippen LogP contribution is 2.18. The van der Waals surface area contributed by atoms with Crippen molar-refractivity contribution in [2.24, 2.45) is 0 Å². The summed E-state index contributed by atoms with van der Waals surface area (Å²) in [5, 5.41) is 9.17. The number of ether oxygens (including phenoxy) is 2. The zero-order valence-electron chi connectivity index (χ0n) is 11.1. The first kappa shape index (κ1) is 15.9. The van der Waals surface area contributed by atoms with Gasteiger partial charge in [0.2, 0.25) is 0 Å². The zero-order valence-corrected chi connectivity index (χ0v) is 14.2. The first-order valence-electron chi connectivity index (χ1n) is 5.89. The first-order chi connectivity index (χ1) is 8.42. The van der Waals surface area contributed by atoms with Gasteiger partial charge in [0, 0.05) is 14.7 Å². The van der Waals surface area contributed by atoms with Crippen LogP contribution >= 0.6 is 22.6 Å². The minimum atomic E-state index is -1.05. The number of aromatic nitrogens is 1. The summed E-state index contributed by atoms with van der Waals surface area (Å²) in [6.07, 6.45) is 0. The lowest BCUT2D eigenvalue weighted by Gasteiger charge is -2.16. The fourth-order valence-corrected chi connectivity index (χ4v) is 2.48. The Hall–Kier alpha value is -0.183. The van der Waals surface area contributed by atoms with Crippen molar-refractivity contribution >= 4 is 30.7 Å². The van der Waals surface area contributed by atoms with Crippen LogP contribution < -0.4 is 4.74 Å². The van der Waals surface area contributed by atoms with Crippen LogP contribution in [0.25, 0.3) is 0 Å². The van der Waals surface area contributed by atoms with E-state index in [0.29, 0.717) is 11.4 Å². The fraction of sp³-hybridized carbons (Fsp3) is 0.583. The minimum Gasteiger partial charge on any atom is -0.466 e. The van der Waals surface area contributed by atoms with Gasteiger partial charge in [-0.1, -0.05) is 19.6 Å². The molecule has 0 aliphatic rings. The van der Waals surface area contributed by atoms with E-state index >= 15 is 0 Å². The van der Waals surface area contributed by atoms with Crippen LogP contribution in [0.3, 0.4) is 0 Å². The van der Waals surface area contributed by atoms with E-state index in [1.165, 1.54) is 0 Å². The lowest BCUT2D eigenvalue weighted by molar-refractivity contribution is 0.0204. The van der Waals surface area contributed by atoms with E-state index < -0.39 is 8.07 Å². The number of rotatable bonds is 7. The van der Waals surface area contributed by atoms with Crippen LogP contribution in [0.4, 0.5) is 0 Å². The lowest BCUT2D eigenvalue weighted by Crippen LogP contribution is -2.22. The predicted molar refractivity (Wildman–Crippen MR) is 82.5 cm³/mol. The summed E-state index contributed by atoms with van der Waals surface area (Å²) in [7, 11) is -1.05. The van der Waals surface area contributed by atoms with E-state index in [-0.39, 0.29) is 13.4 Å². The molecule has 1 N–H and O–H groups in total. The molecule has 1 aromatic rings. The maximum Gasteiger partial charge on any atom is 0.189 e. The quantitative estimate of drug-likeness (QED) is 0.260. The molecule has 0 bridgehead atoms. The topological polar surface area (TPSA) is 51.6 Å². The Morgan fingerprint density at radius 3 is 2.67 bits per heavy atom. The molecule has 0 aliphatic heterocycles. The van der Waals surface area contributed by atoms with Crippen LogP contribution in [0.15, 0.2) is 12.1 Å². The van der Waals surface area contributed by atoms with Crippen molar-refractivity contribution in [3.8, 4) is 5.75 Å². The fourth-order valence-electron chi connectivity index (χ4n) is 1.25. The summed E-state index contributed by atoms with van der Waals surface area (Å²) >= 11 is 2.10. The van der Waals surface area contributed by atoms with Crippen molar-refractivity contribution in [1.29, 1.82) is 0 Å². The summed E-state index contributed by atoms with van der Waals surface area (Å²) in [5.41, 5.74) is 0.552. The monoisotopic (exact) mass is 381 g/mol. The average Bonchev–Trinajstić information content (AvgIpc) is 2.28. The number of hydrogen-bond acceptors (Lipinski definition) is 4. The second-order valence-electron chi connectivity index (χ2n) is 5.22. The molecule has 1 heterocycles. The van der Waals surface area contributed by atoms with Crippen LogP contribution in [-0.2, 0) is 11.3 Å². The Kier molecular flexibility index (Phi) is 6.54. The number of hydrogen-bond donors (Lipinski definition) is 1. The number of pyridine rings is 1. The van der Waals surface area contributed by atoms with Crippen LogP contribution in [0, 0.1) is 3.70 Å². The summed E-state index contributed by atoms with van der Waals surface area (Å²) in [5.74, 6) is 0.589. The van der Waals surface area contributed by atoms with Gasteiger partial charge < -0.3 is 14.6 Å². The van der Waals surface area contributed by atoms with Gasteiger partial charge in [-0.15, -0.1) is 0 Å². The van der Waals surface area contributed by atoms with E-state index in [1.807, 2.05) is 12.1 Å². The van der Waals surface area contributed by atoms with Crippen molar-refractivity contribution in [3.05, 3.63) is 21.5 Å². The van der Waals surface area contributed by atoms with Gasteiger partial charge in [0.05, 0.1) is 6.61 Å². The molecule has 0 spiro atoms. The highest BCUT2D eigenvalue weighted by Gasteiger charge is 2.12. The van der Waals surface area contributed by atoms with Crippen molar-refractivity contribution in [3.63, 3.8) is 0 Å². The number of aliphatic hydroxyl groups excluding tert-OH is 1. The largest absolute Gasteiger partial charge is 0.466 e. The molecule has 0 saturated heterocycles. The Balaban J connectivity index is 2.35. The summed E-state index contributed by atoms with van der Waals surface area (Å²) < 4.78 is 11.7. The molecule has 1 aromatic heterocycles. The normalized spacial score (nSPS) is 11.6. The van der Waals surface area contributed by atoms with E-state index in [9.17, 15) is 5.11 Å². The van der Waals surface area contributed by atoms with Crippen LogP contribution in [0.2, 0.25) is 25.7 Å². The Labute approximate surface area is 123 Å². The third-order valence-electron chi connectivity index (χ3n) is 2.34. The molecule has 0 unspecified atom stereocenters. The molecular formula is C12H20INO3Si. The van der Waals surface area contributed by atoms with Gasteiger partial charge >= 0.3 is 0 Å². The van der Waals surface area contributed by atoms with E-state index in [2.05, 4.69) is 47.2 Å². The van der Waals surface area contributed by atoms with Gasteiger partial charge in [0.15, 0.2) is 6.79 Å². The smallest absolute Gasteiger partial charge is 0.189 e. The minimum absolute atomic E-state index is 0.124. The standard InChI is InChI=1S/C12H20INO3Si/c1-18(2,3)7-6-16-9-17-11-4-5-12(13)14-10(11)8-15/h4-5,15H,6-9H2,1-3H3. The third kappa shape index (κ3) is 6.12. The molecule has 0 atom stereocenters. The molecule has 1 rings (SSSR count). The second kappa shape index (κ2) is 7.42. The summed E-state index contributed by atoms with van der Waals surface area (Å²) in [6.45, 7) is 7.74. The van der Waals surface area contributed by atoms with Gasteiger partial charge in [-0.2, -0.15) is 0 Å². The van der Waals surface area contributed by atoms with Crippen LogP contribution in [0.5, 0.6) is 5.75 Å². The molecule has 0 radical (unpaired) electrons. The summed E-state index contributed by atoms with van der Waals surface area (Å²) in [6, 6.07) is 4.77. The number of halogens is 1. The predicted octanol–water partition coefficient (Wildman–Crippen LogP) is 2.87. The van der Waals surface area contributed by atoms with E-state index in [4.69, 9.17) is 9.47 Å². The van der Waals surface area contributed by atoms with Crippen molar-refractivity contribution < 1.29 is 14.6 Å². The molecular weight excluding hydrogens is 361 g/mol. The second-order valence-corrected chi connectivity index (χ2v) is 11.9. The van der Waals surface area contributed by atoms with E-state index in [1.54, 1.807) is 0 Å². The molecule has 0 saturated carbocycles. The average molecular weight is 381 g/mol. The lowest BCUT2D eigenvalue weighted by atomic mass is 10.3. The number of aliphatic hydroxyl groups is 1. The molecule has 4 nitrogen and oxygen atoms in total. The highest BCUT2D eigenvalue weighted by molar-refractivity contribution is 14.1. The third-order valence-corrected chi connectivity index (χ3v) is 4.65. The van der Waals surface area contributed by atoms with Crippen molar-refractivity contribution in [2.45, 2.75) is 32.3 Å². The van der Waals surface area contributed by atoms with Gasteiger partial charge in [-0.3, -0.25) is 0 Å². The van der Waals surface area contributed by atoms with Gasteiger partial charge in [-0.05, 0) is 40.8 Å². The Morgan fingerprint density at radius 2 is 2.06 bits per heavy atom. The van der Waals surface area contributed by atoms with E-state index in [0.717, 1.165) is 16.4 Å². The Morgan fingerprint density at radius 1 is 1.33 bits per heavy atom. The summed E-state index contributed by atoms with van der Waals surface area (Å²) in [4.78, 5) is 4.19. The molecule has 18 heavy (non-hydrogen) atoms. The Bertz CT molecular complexity index is 382. The number of nitrogens with zero attached hydrogens (tertiary/aromatic N) is 1. The molecule has 102 valence electrons. The maximum absolute atomic E-state index is 9.17. The van der Waals surface area contributed by atoms with Gasteiger partial charge in [-0.25, -0.2) is 4.98 Å². The molecule has 0 fully saturated rings. The first-order valence-corrected chi connectivity index (χ1v) is 10.7. The van der Waals surface area contributed by atoms with Gasteiger partial charge in [0.1, 0.15) is 15.1 Å².